The average molecular weight is 298 g/mol. The van der Waals surface area contributed by atoms with Gasteiger partial charge < -0.3 is 10.5 Å². The van der Waals surface area contributed by atoms with E-state index in [2.05, 4.69) is 18.2 Å². The molecule has 0 saturated heterocycles. The second-order valence-corrected chi connectivity index (χ2v) is 5.31. The first-order valence-electron chi connectivity index (χ1n) is 6.88. The lowest BCUT2D eigenvalue weighted by Crippen LogP contribution is -2.18. The van der Waals surface area contributed by atoms with Crippen molar-refractivity contribution in [2.75, 3.05) is 6.54 Å². The molecule has 3 heteroatoms. The molecule has 2 N–H and O–H groups in total. The highest BCUT2D eigenvalue weighted by Crippen LogP contribution is 2.30. The standard InChI is InChI=1S/C18H16ClNO/c19-15-8-3-7-14(11-15)18(12-20)21-17-10-4-6-13-5-1-2-9-16(13)17/h1-11,18H,12,20H2. The Hall–Kier alpha value is -2.03. The van der Waals surface area contributed by atoms with Gasteiger partial charge in [0.1, 0.15) is 11.9 Å². The van der Waals surface area contributed by atoms with Crippen LogP contribution in [0, 0.1) is 0 Å². The fourth-order valence-corrected chi connectivity index (χ4v) is 2.61. The molecule has 0 heterocycles. The fraction of sp³-hybridized carbons (Fsp3) is 0.111. The fourth-order valence-electron chi connectivity index (χ4n) is 2.41. The third-order valence-electron chi connectivity index (χ3n) is 3.45. The van der Waals surface area contributed by atoms with Crippen LogP contribution in [0.2, 0.25) is 5.02 Å². The van der Waals surface area contributed by atoms with E-state index in [9.17, 15) is 0 Å². The number of hydrogen-bond donors (Lipinski definition) is 1. The molecule has 1 atom stereocenters. The molecule has 21 heavy (non-hydrogen) atoms. The zero-order valence-corrected chi connectivity index (χ0v) is 12.3. The molecule has 0 saturated carbocycles. The van der Waals surface area contributed by atoms with Gasteiger partial charge in [0.15, 0.2) is 0 Å². The van der Waals surface area contributed by atoms with Gasteiger partial charge in [0.05, 0.1) is 0 Å². The van der Waals surface area contributed by atoms with E-state index in [4.69, 9.17) is 22.1 Å². The topological polar surface area (TPSA) is 35.2 Å². The third kappa shape index (κ3) is 3.02. The number of hydrogen-bond acceptors (Lipinski definition) is 2. The van der Waals surface area contributed by atoms with Crippen LogP contribution in [0.1, 0.15) is 11.7 Å². The number of rotatable bonds is 4. The summed E-state index contributed by atoms with van der Waals surface area (Å²) in [5, 5.41) is 2.92. The van der Waals surface area contributed by atoms with Crippen LogP contribution in [0.25, 0.3) is 10.8 Å². The molecule has 0 aromatic heterocycles. The molecule has 3 aromatic carbocycles. The molecule has 0 spiro atoms. The van der Waals surface area contributed by atoms with Gasteiger partial charge in [-0.25, -0.2) is 0 Å². The van der Waals surface area contributed by atoms with E-state index in [1.165, 1.54) is 0 Å². The van der Waals surface area contributed by atoms with Crippen molar-refractivity contribution in [3.05, 3.63) is 77.3 Å². The highest BCUT2D eigenvalue weighted by atomic mass is 35.5. The van der Waals surface area contributed by atoms with Crippen molar-refractivity contribution in [2.45, 2.75) is 6.10 Å². The lowest BCUT2D eigenvalue weighted by molar-refractivity contribution is 0.217. The van der Waals surface area contributed by atoms with E-state index >= 15 is 0 Å². The van der Waals surface area contributed by atoms with Crippen molar-refractivity contribution in [1.82, 2.24) is 0 Å². The lowest BCUT2D eigenvalue weighted by Gasteiger charge is -2.19. The van der Waals surface area contributed by atoms with E-state index in [1.54, 1.807) is 0 Å². The number of benzene rings is 3. The molecule has 0 bridgehead atoms. The first-order valence-corrected chi connectivity index (χ1v) is 7.25. The Labute approximate surface area is 129 Å². The first kappa shape index (κ1) is 13.9. The van der Waals surface area contributed by atoms with E-state index in [1.807, 2.05) is 48.5 Å². The molecule has 106 valence electrons. The summed E-state index contributed by atoms with van der Waals surface area (Å²) in [6, 6.07) is 21.8. The summed E-state index contributed by atoms with van der Waals surface area (Å²) in [4.78, 5) is 0. The van der Waals surface area contributed by atoms with Crippen LogP contribution in [0.15, 0.2) is 66.7 Å². The van der Waals surface area contributed by atoms with Crippen molar-refractivity contribution in [3.63, 3.8) is 0 Å². The van der Waals surface area contributed by atoms with Crippen LogP contribution in [-0.2, 0) is 0 Å². The van der Waals surface area contributed by atoms with Gasteiger partial charge in [0.25, 0.3) is 0 Å². The summed E-state index contributed by atoms with van der Waals surface area (Å²) in [7, 11) is 0. The zero-order valence-electron chi connectivity index (χ0n) is 11.5. The lowest BCUT2D eigenvalue weighted by atomic mass is 10.1. The second kappa shape index (κ2) is 6.17. The van der Waals surface area contributed by atoms with Gasteiger partial charge >= 0.3 is 0 Å². The SMILES string of the molecule is NCC(Oc1cccc2ccccc12)c1cccc(Cl)c1. The molecular weight excluding hydrogens is 282 g/mol. The quantitative estimate of drug-likeness (QED) is 0.765. The van der Waals surface area contributed by atoms with Gasteiger partial charge in [-0.3, -0.25) is 0 Å². The van der Waals surface area contributed by atoms with Gasteiger partial charge in [-0.15, -0.1) is 0 Å². The minimum atomic E-state index is -0.213. The summed E-state index contributed by atoms with van der Waals surface area (Å²) in [6.07, 6.45) is -0.213. The van der Waals surface area contributed by atoms with E-state index in [0.29, 0.717) is 11.6 Å². The molecular formula is C18H16ClNO. The molecule has 0 aliphatic rings. The highest BCUT2D eigenvalue weighted by molar-refractivity contribution is 6.30. The van der Waals surface area contributed by atoms with Crippen LogP contribution >= 0.6 is 11.6 Å². The molecule has 3 aromatic rings. The predicted octanol–water partition coefficient (Wildman–Crippen LogP) is 4.57. The summed E-state index contributed by atoms with van der Waals surface area (Å²) >= 11 is 6.05. The molecule has 0 fully saturated rings. The molecule has 2 nitrogen and oxygen atoms in total. The van der Waals surface area contributed by atoms with Gasteiger partial charge in [0.2, 0.25) is 0 Å². The molecule has 0 radical (unpaired) electrons. The number of fused-ring (bicyclic) bond motifs is 1. The maximum absolute atomic E-state index is 6.13. The predicted molar refractivity (Wildman–Crippen MR) is 87.8 cm³/mol. The minimum Gasteiger partial charge on any atom is -0.484 e. The summed E-state index contributed by atoms with van der Waals surface area (Å²) in [6.45, 7) is 0.392. The van der Waals surface area contributed by atoms with E-state index in [-0.39, 0.29) is 6.10 Å². The Morgan fingerprint density at radius 3 is 2.52 bits per heavy atom. The van der Waals surface area contributed by atoms with Gasteiger partial charge in [-0.1, -0.05) is 60.1 Å². The zero-order chi connectivity index (χ0) is 14.7. The molecule has 0 aliphatic carbocycles. The first-order chi connectivity index (χ1) is 10.3. The molecule has 1 unspecified atom stereocenters. The van der Waals surface area contributed by atoms with Crippen LogP contribution in [0.5, 0.6) is 5.75 Å². The molecule has 0 aliphatic heterocycles. The Balaban J connectivity index is 1.96. The number of halogens is 1. The van der Waals surface area contributed by atoms with Crippen molar-refractivity contribution in [1.29, 1.82) is 0 Å². The summed E-state index contributed by atoms with van der Waals surface area (Å²) in [5.41, 5.74) is 6.86. The largest absolute Gasteiger partial charge is 0.484 e. The summed E-state index contributed by atoms with van der Waals surface area (Å²) < 4.78 is 6.13. The van der Waals surface area contributed by atoms with Crippen LogP contribution in [0.4, 0.5) is 0 Å². The monoisotopic (exact) mass is 297 g/mol. The number of ether oxygens (including phenoxy) is 1. The Bertz CT molecular complexity index is 752. The summed E-state index contributed by atoms with van der Waals surface area (Å²) in [5.74, 6) is 0.837. The maximum atomic E-state index is 6.13. The third-order valence-corrected chi connectivity index (χ3v) is 3.69. The van der Waals surface area contributed by atoms with Crippen LogP contribution in [0.3, 0.4) is 0 Å². The van der Waals surface area contributed by atoms with Crippen molar-refractivity contribution < 1.29 is 4.74 Å². The molecule has 0 amide bonds. The average Bonchev–Trinajstić information content (AvgIpc) is 2.52. The normalized spacial score (nSPS) is 12.3. The smallest absolute Gasteiger partial charge is 0.136 e. The van der Waals surface area contributed by atoms with Gasteiger partial charge in [-0.2, -0.15) is 0 Å². The van der Waals surface area contributed by atoms with Gasteiger partial charge in [-0.05, 0) is 29.1 Å². The van der Waals surface area contributed by atoms with E-state index < -0.39 is 0 Å². The van der Waals surface area contributed by atoms with Crippen molar-refractivity contribution in [2.24, 2.45) is 5.73 Å². The Morgan fingerprint density at radius 2 is 1.71 bits per heavy atom. The van der Waals surface area contributed by atoms with Gasteiger partial charge in [0, 0.05) is 17.0 Å². The Kier molecular flexibility index (Phi) is 4.09. The number of nitrogens with two attached hydrogens (primary N) is 1. The minimum absolute atomic E-state index is 0.213. The highest BCUT2D eigenvalue weighted by Gasteiger charge is 2.13. The maximum Gasteiger partial charge on any atom is 0.136 e. The second-order valence-electron chi connectivity index (χ2n) is 4.87. The van der Waals surface area contributed by atoms with Crippen molar-refractivity contribution >= 4 is 22.4 Å². The van der Waals surface area contributed by atoms with Crippen LogP contribution in [-0.4, -0.2) is 6.54 Å². The Morgan fingerprint density at radius 1 is 0.952 bits per heavy atom. The van der Waals surface area contributed by atoms with E-state index in [0.717, 1.165) is 22.1 Å². The van der Waals surface area contributed by atoms with Crippen molar-refractivity contribution in [3.8, 4) is 5.75 Å². The van der Waals surface area contributed by atoms with Crippen LogP contribution < -0.4 is 10.5 Å². The molecule has 3 rings (SSSR count).